The first-order valence-corrected chi connectivity index (χ1v) is 11.3. The molecule has 28 heavy (non-hydrogen) atoms. The Morgan fingerprint density at radius 3 is 2.39 bits per heavy atom. The lowest BCUT2D eigenvalue weighted by Crippen LogP contribution is -2.35. The molecule has 0 amide bonds. The van der Waals surface area contributed by atoms with E-state index in [1.165, 1.54) is 4.31 Å². The van der Waals surface area contributed by atoms with Crippen molar-refractivity contribution in [3.8, 4) is 0 Å². The minimum absolute atomic E-state index is 0.0139. The zero-order chi connectivity index (χ0) is 21.0. The number of aliphatic hydroxyl groups is 1. The largest absolute Gasteiger partial charge is 0.385 e. The van der Waals surface area contributed by atoms with Crippen LogP contribution in [0.2, 0.25) is 0 Å². The standard InChI is InChI=1S/C23H33NO3S/c1-6-10-19(7-2)23(25)15-9-17-24(18-16-23)28(26,27)21-13-11-20(12-14-21)22(4,5)8-3/h6-7,10-14,25H,1-2,8-9,15-18H2,3-5H3/b19-10+. The van der Waals surface area contributed by atoms with Gasteiger partial charge in [-0.2, -0.15) is 4.31 Å². The molecule has 1 heterocycles. The smallest absolute Gasteiger partial charge is 0.243 e. The molecule has 4 nitrogen and oxygen atoms in total. The first-order chi connectivity index (χ1) is 13.1. The van der Waals surface area contributed by atoms with Gasteiger partial charge in [-0.3, -0.25) is 0 Å². The molecule has 0 aromatic heterocycles. The first-order valence-electron chi connectivity index (χ1n) is 9.89. The molecule has 1 N–H and O–H groups in total. The Morgan fingerprint density at radius 2 is 1.86 bits per heavy atom. The molecule has 0 spiro atoms. The molecule has 2 rings (SSSR count). The molecule has 0 bridgehead atoms. The molecular weight excluding hydrogens is 370 g/mol. The fraction of sp³-hybridized carbons (Fsp3) is 0.478. The molecule has 1 atom stereocenters. The first kappa shape index (κ1) is 22.6. The maximum Gasteiger partial charge on any atom is 0.243 e. The monoisotopic (exact) mass is 403 g/mol. The highest BCUT2D eigenvalue weighted by Gasteiger charge is 2.36. The van der Waals surface area contributed by atoms with Crippen molar-refractivity contribution < 1.29 is 13.5 Å². The van der Waals surface area contributed by atoms with Gasteiger partial charge in [0.05, 0.1) is 10.5 Å². The van der Waals surface area contributed by atoms with Crippen molar-refractivity contribution in [2.45, 2.75) is 62.4 Å². The minimum Gasteiger partial charge on any atom is -0.385 e. The summed E-state index contributed by atoms with van der Waals surface area (Å²) in [6.45, 7) is 14.5. The Balaban J connectivity index is 2.24. The van der Waals surface area contributed by atoms with Gasteiger partial charge in [-0.1, -0.05) is 64.3 Å². The highest BCUT2D eigenvalue weighted by molar-refractivity contribution is 7.89. The lowest BCUT2D eigenvalue weighted by Gasteiger charge is -2.28. The fourth-order valence-electron chi connectivity index (χ4n) is 3.59. The van der Waals surface area contributed by atoms with E-state index >= 15 is 0 Å². The lowest BCUT2D eigenvalue weighted by molar-refractivity contribution is 0.0680. The Labute approximate surface area is 170 Å². The number of allylic oxidation sites excluding steroid dienone is 2. The highest BCUT2D eigenvalue weighted by Crippen LogP contribution is 2.33. The third-order valence-corrected chi connectivity index (χ3v) is 7.90. The van der Waals surface area contributed by atoms with Crippen LogP contribution in [0.25, 0.3) is 0 Å². The van der Waals surface area contributed by atoms with Gasteiger partial charge in [-0.25, -0.2) is 8.42 Å². The van der Waals surface area contributed by atoms with Crippen molar-refractivity contribution in [2.75, 3.05) is 13.1 Å². The van der Waals surface area contributed by atoms with Gasteiger partial charge in [0.25, 0.3) is 0 Å². The molecule has 1 saturated heterocycles. The Bertz CT molecular complexity index is 837. The molecule has 0 aliphatic carbocycles. The van der Waals surface area contributed by atoms with E-state index in [9.17, 15) is 13.5 Å². The van der Waals surface area contributed by atoms with Gasteiger partial charge in [0.1, 0.15) is 0 Å². The van der Waals surface area contributed by atoms with E-state index in [1.54, 1.807) is 30.4 Å². The number of sulfonamides is 1. The van der Waals surface area contributed by atoms with E-state index in [2.05, 4.69) is 33.9 Å². The van der Waals surface area contributed by atoms with Crippen LogP contribution in [-0.4, -0.2) is 36.5 Å². The van der Waals surface area contributed by atoms with E-state index in [0.29, 0.717) is 36.3 Å². The second-order valence-electron chi connectivity index (χ2n) is 8.11. The van der Waals surface area contributed by atoms with Crippen LogP contribution in [-0.2, 0) is 15.4 Å². The van der Waals surface area contributed by atoms with Crippen LogP contribution in [0.1, 0.15) is 52.0 Å². The lowest BCUT2D eigenvalue weighted by atomic mass is 9.82. The summed E-state index contributed by atoms with van der Waals surface area (Å²) in [5.74, 6) is 0. The van der Waals surface area contributed by atoms with Crippen molar-refractivity contribution in [1.29, 1.82) is 0 Å². The zero-order valence-electron chi connectivity index (χ0n) is 17.3. The molecular formula is C23H33NO3S. The summed E-state index contributed by atoms with van der Waals surface area (Å²) in [4.78, 5) is 0.305. The van der Waals surface area contributed by atoms with Crippen molar-refractivity contribution >= 4 is 10.0 Å². The van der Waals surface area contributed by atoms with Crippen LogP contribution >= 0.6 is 0 Å². The Hall–Kier alpha value is -1.69. The maximum atomic E-state index is 13.1. The number of hydrogen-bond donors (Lipinski definition) is 1. The van der Waals surface area contributed by atoms with Crippen LogP contribution in [0.5, 0.6) is 0 Å². The number of nitrogens with zero attached hydrogens (tertiary/aromatic N) is 1. The van der Waals surface area contributed by atoms with E-state index in [0.717, 1.165) is 12.0 Å². The molecule has 1 aromatic rings. The topological polar surface area (TPSA) is 57.6 Å². The molecule has 154 valence electrons. The predicted molar refractivity (Wildman–Crippen MR) is 116 cm³/mol. The number of rotatable bonds is 7. The highest BCUT2D eigenvalue weighted by atomic mass is 32.2. The van der Waals surface area contributed by atoms with Gasteiger partial charge in [0, 0.05) is 13.1 Å². The quantitative estimate of drug-likeness (QED) is 0.678. The van der Waals surface area contributed by atoms with E-state index in [4.69, 9.17) is 0 Å². The Morgan fingerprint density at radius 1 is 1.21 bits per heavy atom. The van der Waals surface area contributed by atoms with Crippen molar-refractivity contribution in [2.24, 2.45) is 0 Å². The van der Waals surface area contributed by atoms with E-state index < -0.39 is 15.6 Å². The van der Waals surface area contributed by atoms with Gasteiger partial charge in [0.15, 0.2) is 0 Å². The normalized spacial score (nSPS) is 22.5. The minimum atomic E-state index is -3.59. The molecule has 0 saturated carbocycles. The third-order valence-electron chi connectivity index (χ3n) is 5.98. The fourth-order valence-corrected chi connectivity index (χ4v) is 5.07. The summed E-state index contributed by atoms with van der Waals surface area (Å²) in [6.07, 6.45) is 7.37. The van der Waals surface area contributed by atoms with Crippen LogP contribution < -0.4 is 0 Å². The van der Waals surface area contributed by atoms with Crippen molar-refractivity contribution in [3.63, 3.8) is 0 Å². The van der Waals surface area contributed by atoms with E-state index in [-0.39, 0.29) is 12.0 Å². The van der Waals surface area contributed by atoms with Crippen molar-refractivity contribution in [1.82, 2.24) is 4.31 Å². The van der Waals surface area contributed by atoms with Crippen LogP contribution in [0.4, 0.5) is 0 Å². The predicted octanol–water partition coefficient (Wildman–Crippen LogP) is 4.58. The van der Waals surface area contributed by atoms with Gasteiger partial charge < -0.3 is 5.11 Å². The Kier molecular flexibility index (Phi) is 7.07. The van der Waals surface area contributed by atoms with Crippen LogP contribution in [0, 0.1) is 0 Å². The summed E-state index contributed by atoms with van der Waals surface area (Å²) in [7, 11) is -3.59. The molecule has 1 unspecified atom stereocenters. The molecule has 1 aliphatic heterocycles. The molecule has 5 heteroatoms. The molecule has 0 radical (unpaired) electrons. The summed E-state index contributed by atoms with van der Waals surface area (Å²) >= 11 is 0. The van der Waals surface area contributed by atoms with Crippen LogP contribution in [0.15, 0.2) is 66.1 Å². The molecule has 1 aromatic carbocycles. The van der Waals surface area contributed by atoms with Crippen molar-refractivity contribution in [3.05, 3.63) is 66.8 Å². The number of benzene rings is 1. The van der Waals surface area contributed by atoms with Crippen LogP contribution in [0.3, 0.4) is 0 Å². The summed E-state index contributed by atoms with van der Waals surface area (Å²) < 4.78 is 27.8. The number of hydrogen-bond acceptors (Lipinski definition) is 3. The second kappa shape index (κ2) is 8.76. The van der Waals surface area contributed by atoms with Gasteiger partial charge in [0.2, 0.25) is 10.0 Å². The SMILES string of the molecule is C=C/C=C(\C=C)C1(O)CCCN(S(=O)(=O)c2ccc(C(C)(C)CC)cc2)CC1. The third kappa shape index (κ3) is 4.65. The summed E-state index contributed by atoms with van der Waals surface area (Å²) in [5.41, 5.74) is 0.757. The molecule has 1 aliphatic rings. The maximum absolute atomic E-state index is 13.1. The second-order valence-corrected chi connectivity index (χ2v) is 10.1. The van der Waals surface area contributed by atoms with Gasteiger partial charge in [-0.05, 0) is 54.4 Å². The summed E-state index contributed by atoms with van der Waals surface area (Å²) in [6, 6.07) is 7.22. The van der Waals surface area contributed by atoms with E-state index in [1.807, 2.05) is 12.1 Å². The molecule has 1 fully saturated rings. The zero-order valence-corrected chi connectivity index (χ0v) is 18.1. The average Bonchev–Trinajstić information content (AvgIpc) is 2.89. The van der Waals surface area contributed by atoms with Gasteiger partial charge >= 0.3 is 0 Å². The summed E-state index contributed by atoms with van der Waals surface area (Å²) in [5, 5.41) is 11.0. The van der Waals surface area contributed by atoms with Gasteiger partial charge in [-0.15, -0.1) is 0 Å². The average molecular weight is 404 g/mol.